The maximum Gasteiger partial charge on any atom is 0.224 e. The molecule has 3 nitrogen and oxygen atoms in total. The van der Waals surface area contributed by atoms with E-state index in [0.717, 1.165) is 26.1 Å². The third kappa shape index (κ3) is 3.80. The van der Waals surface area contributed by atoms with E-state index < -0.39 is 0 Å². The lowest BCUT2D eigenvalue weighted by atomic mass is 9.96. The number of hydrogen-bond acceptors (Lipinski definition) is 2. The number of benzene rings is 1. The first kappa shape index (κ1) is 14.1. The highest BCUT2D eigenvalue weighted by Gasteiger charge is 2.29. The summed E-state index contributed by atoms with van der Waals surface area (Å²) < 4.78 is 0. The predicted molar refractivity (Wildman–Crippen MR) is 78.0 cm³/mol. The van der Waals surface area contributed by atoms with Gasteiger partial charge in [-0.1, -0.05) is 44.2 Å². The van der Waals surface area contributed by atoms with Crippen molar-refractivity contribution in [3.63, 3.8) is 0 Å². The van der Waals surface area contributed by atoms with Crippen LogP contribution < -0.4 is 10.6 Å². The summed E-state index contributed by atoms with van der Waals surface area (Å²) in [4.78, 5) is 12.0. The van der Waals surface area contributed by atoms with Gasteiger partial charge in [0.05, 0.1) is 5.92 Å². The Labute approximate surface area is 115 Å². The lowest BCUT2D eigenvalue weighted by Crippen LogP contribution is -2.35. The van der Waals surface area contributed by atoms with E-state index in [1.165, 1.54) is 5.56 Å². The second-order valence-corrected chi connectivity index (χ2v) is 5.63. The van der Waals surface area contributed by atoms with Crippen molar-refractivity contribution in [3.05, 3.63) is 35.9 Å². The highest BCUT2D eigenvalue weighted by atomic mass is 16.1. The van der Waals surface area contributed by atoms with Crippen LogP contribution in [0.25, 0.3) is 0 Å². The molecule has 2 N–H and O–H groups in total. The molecule has 1 aliphatic rings. The summed E-state index contributed by atoms with van der Waals surface area (Å²) in [5.74, 6) is 1.29. The summed E-state index contributed by atoms with van der Waals surface area (Å²) in [7, 11) is 0. The Hall–Kier alpha value is -1.35. The van der Waals surface area contributed by atoms with Crippen LogP contribution in [-0.2, 0) is 4.79 Å². The molecule has 0 aromatic heterocycles. The second kappa shape index (κ2) is 6.71. The molecule has 1 aromatic rings. The van der Waals surface area contributed by atoms with Gasteiger partial charge >= 0.3 is 0 Å². The van der Waals surface area contributed by atoms with Crippen molar-refractivity contribution in [2.75, 3.05) is 19.6 Å². The standard InChI is InChI=1S/C16H24N2O/c1-12(14-6-4-3-5-7-14)8-9-18-16(19)15-11-17-10-13(15)2/h3-7,12-13,15,17H,8-11H2,1-2H3,(H,18,19). The van der Waals surface area contributed by atoms with E-state index in [-0.39, 0.29) is 11.8 Å². The van der Waals surface area contributed by atoms with Crippen LogP contribution in [0.5, 0.6) is 0 Å². The number of carbonyl (C=O) groups is 1. The van der Waals surface area contributed by atoms with E-state index in [1.54, 1.807) is 0 Å². The van der Waals surface area contributed by atoms with Crippen LogP contribution >= 0.6 is 0 Å². The topological polar surface area (TPSA) is 41.1 Å². The van der Waals surface area contributed by atoms with Gasteiger partial charge < -0.3 is 10.6 Å². The highest BCUT2D eigenvalue weighted by Crippen LogP contribution is 2.18. The number of carbonyl (C=O) groups excluding carboxylic acids is 1. The minimum absolute atomic E-state index is 0.145. The molecule has 0 bridgehead atoms. The molecule has 0 spiro atoms. The monoisotopic (exact) mass is 260 g/mol. The average molecular weight is 260 g/mol. The Morgan fingerprint density at radius 2 is 2.11 bits per heavy atom. The van der Waals surface area contributed by atoms with Gasteiger partial charge in [-0.3, -0.25) is 4.79 Å². The van der Waals surface area contributed by atoms with E-state index >= 15 is 0 Å². The van der Waals surface area contributed by atoms with Crippen LogP contribution in [-0.4, -0.2) is 25.5 Å². The van der Waals surface area contributed by atoms with Gasteiger partial charge in [0.2, 0.25) is 5.91 Å². The van der Waals surface area contributed by atoms with Gasteiger partial charge in [0, 0.05) is 13.1 Å². The summed E-state index contributed by atoms with van der Waals surface area (Å²) >= 11 is 0. The van der Waals surface area contributed by atoms with E-state index in [4.69, 9.17) is 0 Å². The number of nitrogens with one attached hydrogen (secondary N) is 2. The molecule has 0 radical (unpaired) electrons. The SMILES string of the molecule is CC(CCNC(=O)C1CNCC1C)c1ccccc1. The maximum atomic E-state index is 12.0. The fourth-order valence-corrected chi connectivity index (χ4v) is 2.65. The summed E-state index contributed by atoms with van der Waals surface area (Å²) in [5.41, 5.74) is 1.34. The fourth-order valence-electron chi connectivity index (χ4n) is 2.65. The molecule has 0 saturated carbocycles. The number of amides is 1. The molecule has 1 heterocycles. The Bertz CT molecular complexity index is 404. The largest absolute Gasteiger partial charge is 0.356 e. The molecule has 1 fully saturated rings. The molecule has 104 valence electrons. The highest BCUT2D eigenvalue weighted by molar-refractivity contribution is 5.79. The van der Waals surface area contributed by atoms with Crippen LogP contribution in [0.4, 0.5) is 0 Å². The molecular formula is C16H24N2O. The van der Waals surface area contributed by atoms with Crippen LogP contribution in [0.3, 0.4) is 0 Å². The Balaban J connectivity index is 1.73. The normalized spacial score (nSPS) is 24.1. The second-order valence-electron chi connectivity index (χ2n) is 5.63. The minimum atomic E-state index is 0.145. The van der Waals surface area contributed by atoms with Gasteiger partial charge in [0.25, 0.3) is 0 Å². The van der Waals surface area contributed by atoms with Gasteiger partial charge in [0.1, 0.15) is 0 Å². The van der Waals surface area contributed by atoms with Crippen molar-refractivity contribution >= 4 is 5.91 Å². The zero-order chi connectivity index (χ0) is 13.7. The summed E-state index contributed by atoms with van der Waals surface area (Å²) in [5, 5.41) is 6.34. The Morgan fingerprint density at radius 1 is 1.37 bits per heavy atom. The van der Waals surface area contributed by atoms with Crippen molar-refractivity contribution in [1.82, 2.24) is 10.6 Å². The molecule has 19 heavy (non-hydrogen) atoms. The van der Waals surface area contributed by atoms with Gasteiger partial charge in [-0.25, -0.2) is 0 Å². The minimum Gasteiger partial charge on any atom is -0.356 e. The van der Waals surface area contributed by atoms with E-state index in [1.807, 2.05) is 6.07 Å². The predicted octanol–water partition coefficient (Wildman–Crippen LogP) is 2.15. The third-order valence-corrected chi connectivity index (χ3v) is 4.10. The lowest BCUT2D eigenvalue weighted by molar-refractivity contribution is -0.125. The molecular weight excluding hydrogens is 236 g/mol. The van der Waals surface area contributed by atoms with Crippen molar-refractivity contribution in [1.29, 1.82) is 0 Å². The van der Waals surface area contributed by atoms with Crippen molar-refractivity contribution in [2.45, 2.75) is 26.2 Å². The van der Waals surface area contributed by atoms with E-state index in [9.17, 15) is 4.79 Å². The fraction of sp³-hybridized carbons (Fsp3) is 0.562. The summed E-state index contributed by atoms with van der Waals surface area (Å²) in [6.45, 7) is 6.88. The number of rotatable bonds is 5. The summed E-state index contributed by atoms with van der Waals surface area (Å²) in [6, 6.07) is 10.5. The lowest BCUT2D eigenvalue weighted by Gasteiger charge is -2.16. The first-order valence-electron chi connectivity index (χ1n) is 7.22. The molecule has 1 amide bonds. The van der Waals surface area contributed by atoms with Gasteiger partial charge in [-0.2, -0.15) is 0 Å². The zero-order valence-electron chi connectivity index (χ0n) is 11.9. The number of hydrogen-bond donors (Lipinski definition) is 2. The van der Waals surface area contributed by atoms with Crippen LogP contribution in [0.15, 0.2) is 30.3 Å². The molecule has 3 atom stereocenters. The smallest absolute Gasteiger partial charge is 0.224 e. The molecule has 1 aliphatic heterocycles. The van der Waals surface area contributed by atoms with Crippen LogP contribution in [0.1, 0.15) is 31.7 Å². The van der Waals surface area contributed by atoms with Crippen molar-refractivity contribution < 1.29 is 4.79 Å². The molecule has 3 unspecified atom stereocenters. The third-order valence-electron chi connectivity index (χ3n) is 4.10. The Kier molecular flexibility index (Phi) is 4.97. The molecule has 1 saturated heterocycles. The molecule has 0 aliphatic carbocycles. The first-order chi connectivity index (χ1) is 9.18. The molecule has 2 rings (SSSR count). The van der Waals surface area contributed by atoms with E-state index in [0.29, 0.717) is 11.8 Å². The van der Waals surface area contributed by atoms with Gasteiger partial charge in [0.15, 0.2) is 0 Å². The van der Waals surface area contributed by atoms with Crippen LogP contribution in [0.2, 0.25) is 0 Å². The molecule has 3 heteroatoms. The average Bonchev–Trinajstić information content (AvgIpc) is 2.86. The van der Waals surface area contributed by atoms with Crippen molar-refractivity contribution in [3.8, 4) is 0 Å². The van der Waals surface area contributed by atoms with Gasteiger partial charge in [-0.15, -0.1) is 0 Å². The molecule has 1 aromatic carbocycles. The first-order valence-corrected chi connectivity index (χ1v) is 7.22. The maximum absolute atomic E-state index is 12.0. The quantitative estimate of drug-likeness (QED) is 0.851. The Morgan fingerprint density at radius 3 is 2.74 bits per heavy atom. The van der Waals surface area contributed by atoms with Crippen LogP contribution in [0, 0.1) is 11.8 Å². The van der Waals surface area contributed by atoms with Crippen molar-refractivity contribution in [2.24, 2.45) is 11.8 Å². The zero-order valence-corrected chi connectivity index (χ0v) is 11.9. The van der Waals surface area contributed by atoms with Gasteiger partial charge in [-0.05, 0) is 30.4 Å². The van der Waals surface area contributed by atoms with E-state index in [2.05, 4.69) is 48.7 Å². The summed E-state index contributed by atoms with van der Waals surface area (Å²) in [6.07, 6.45) is 0.990.